The number of likely N-dealkylation sites (N-methyl/N-ethyl adjacent to an activating group) is 1. The van der Waals surface area contributed by atoms with E-state index in [2.05, 4.69) is 68.9 Å². The number of halogens is 1. The Hall–Kier alpha value is -1.84. The molecular formula is C25H38IN5O. The van der Waals surface area contributed by atoms with Gasteiger partial charge >= 0.3 is 0 Å². The van der Waals surface area contributed by atoms with Crippen LogP contribution in [0.4, 0.5) is 0 Å². The molecule has 1 unspecified atom stereocenters. The van der Waals surface area contributed by atoms with Crippen molar-refractivity contribution in [2.24, 2.45) is 4.99 Å². The minimum Gasteiger partial charge on any atom is -0.496 e. The molecule has 2 aromatic rings. The van der Waals surface area contributed by atoms with Crippen LogP contribution < -0.4 is 15.4 Å². The highest BCUT2D eigenvalue weighted by Crippen LogP contribution is 2.24. The number of nitrogens with one attached hydrogen (secondary N) is 2. The van der Waals surface area contributed by atoms with E-state index in [1.807, 2.05) is 25.2 Å². The molecule has 0 aliphatic carbocycles. The molecule has 1 aliphatic rings. The molecule has 3 rings (SSSR count). The Balaban J connectivity index is 0.00000363. The lowest BCUT2D eigenvalue weighted by atomic mass is 10.0. The van der Waals surface area contributed by atoms with Crippen molar-refractivity contribution in [2.45, 2.75) is 18.9 Å². The fourth-order valence-electron chi connectivity index (χ4n) is 4.15. The molecule has 176 valence electrons. The Labute approximate surface area is 210 Å². The van der Waals surface area contributed by atoms with Crippen molar-refractivity contribution in [3.8, 4) is 5.75 Å². The van der Waals surface area contributed by atoms with Crippen LogP contribution in [-0.2, 0) is 6.42 Å². The van der Waals surface area contributed by atoms with Crippen LogP contribution in [0.3, 0.4) is 0 Å². The second-order valence-electron chi connectivity index (χ2n) is 8.07. The van der Waals surface area contributed by atoms with Gasteiger partial charge in [0.25, 0.3) is 0 Å². The van der Waals surface area contributed by atoms with Crippen molar-refractivity contribution < 1.29 is 4.74 Å². The number of nitrogens with zero attached hydrogens (tertiary/aromatic N) is 3. The van der Waals surface area contributed by atoms with E-state index in [1.165, 1.54) is 11.1 Å². The van der Waals surface area contributed by atoms with Gasteiger partial charge in [0.05, 0.1) is 7.11 Å². The number of hydrogen-bond donors (Lipinski definition) is 2. The lowest BCUT2D eigenvalue weighted by Crippen LogP contribution is -2.47. The maximum absolute atomic E-state index is 5.43. The predicted molar refractivity (Wildman–Crippen MR) is 144 cm³/mol. The smallest absolute Gasteiger partial charge is 0.190 e. The van der Waals surface area contributed by atoms with Crippen LogP contribution in [0.15, 0.2) is 59.6 Å². The highest BCUT2D eigenvalue weighted by atomic mass is 127. The van der Waals surface area contributed by atoms with Gasteiger partial charge < -0.3 is 20.3 Å². The van der Waals surface area contributed by atoms with Gasteiger partial charge in [-0.05, 0) is 37.1 Å². The van der Waals surface area contributed by atoms with E-state index in [0.717, 1.165) is 63.8 Å². The SMILES string of the molecule is CN=C(NCCCN1CCN(C)CC1c1ccccc1)NCCc1ccccc1OC.I. The number of piperazine rings is 1. The number of ether oxygens (including phenoxy) is 1. The average molecular weight is 552 g/mol. The van der Waals surface area contributed by atoms with Crippen LogP contribution in [0.5, 0.6) is 5.75 Å². The van der Waals surface area contributed by atoms with E-state index in [0.29, 0.717) is 6.04 Å². The summed E-state index contributed by atoms with van der Waals surface area (Å²) < 4.78 is 5.43. The second-order valence-corrected chi connectivity index (χ2v) is 8.07. The van der Waals surface area contributed by atoms with E-state index < -0.39 is 0 Å². The van der Waals surface area contributed by atoms with Gasteiger partial charge in [-0.2, -0.15) is 0 Å². The molecule has 0 aromatic heterocycles. The molecule has 1 atom stereocenters. The van der Waals surface area contributed by atoms with Crippen molar-refractivity contribution >= 4 is 29.9 Å². The van der Waals surface area contributed by atoms with Gasteiger partial charge in [0.15, 0.2) is 5.96 Å². The summed E-state index contributed by atoms with van der Waals surface area (Å²) in [6.45, 7) is 6.13. The van der Waals surface area contributed by atoms with Crippen LogP contribution in [0.2, 0.25) is 0 Å². The molecule has 1 heterocycles. The molecule has 0 spiro atoms. The fourth-order valence-corrected chi connectivity index (χ4v) is 4.15. The molecule has 7 heteroatoms. The summed E-state index contributed by atoms with van der Waals surface area (Å²) in [7, 11) is 5.76. The Bertz CT molecular complexity index is 817. The summed E-state index contributed by atoms with van der Waals surface area (Å²) >= 11 is 0. The number of aliphatic imine (C=N–C) groups is 1. The maximum Gasteiger partial charge on any atom is 0.190 e. The quantitative estimate of drug-likeness (QED) is 0.217. The number of guanidine groups is 1. The third-order valence-electron chi connectivity index (χ3n) is 5.90. The molecule has 1 aliphatic heterocycles. The zero-order valence-electron chi connectivity index (χ0n) is 19.6. The molecule has 32 heavy (non-hydrogen) atoms. The van der Waals surface area contributed by atoms with E-state index >= 15 is 0 Å². The zero-order valence-corrected chi connectivity index (χ0v) is 21.9. The first-order valence-electron chi connectivity index (χ1n) is 11.2. The van der Waals surface area contributed by atoms with Gasteiger partial charge in [-0.25, -0.2) is 0 Å². The molecule has 0 saturated carbocycles. The minimum absolute atomic E-state index is 0. The van der Waals surface area contributed by atoms with E-state index in [4.69, 9.17) is 4.74 Å². The summed E-state index contributed by atoms with van der Waals surface area (Å²) in [6, 6.07) is 19.5. The monoisotopic (exact) mass is 551 g/mol. The maximum atomic E-state index is 5.43. The fraction of sp³-hybridized carbons (Fsp3) is 0.480. The lowest BCUT2D eigenvalue weighted by molar-refractivity contribution is 0.0891. The summed E-state index contributed by atoms with van der Waals surface area (Å²) in [5, 5.41) is 6.87. The molecule has 1 saturated heterocycles. The highest BCUT2D eigenvalue weighted by molar-refractivity contribution is 14.0. The van der Waals surface area contributed by atoms with Crippen LogP contribution >= 0.6 is 24.0 Å². The highest BCUT2D eigenvalue weighted by Gasteiger charge is 2.25. The Morgan fingerprint density at radius 3 is 2.50 bits per heavy atom. The molecule has 0 amide bonds. The van der Waals surface area contributed by atoms with Gasteiger partial charge in [-0.15, -0.1) is 24.0 Å². The van der Waals surface area contributed by atoms with Gasteiger partial charge in [-0.3, -0.25) is 9.89 Å². The van der Waals surface area contributed by atoms with Crippen LogP contribution in [-0.4, -0.2) is 76.2 Å². The standard InChI is InChI=1S/C25H37N5O.HI/c1-26-25(28-16-14-22-12-7-8-13-24(22)31-3)27-15-9-17-30-19-18-29(2)20-23(30)21-10-5-4-6-11-21;/h4-8,10-13,23H,9,14-20H2,1-3H3,(H2,26,27,28);1H. The van der Waals surface area contributed by atoms with Crippen molar-refractivity contribution in [3.63, 3.8) is 0 Å². The van der Waals surface area contributed by atoms with Crippen molar-refractivity contribution in [1.29, 1.82) is 0 Å². The number of para-hydroxylation sites is 1. The van der Waals surface area contributed by atoms with Gasteiger partial charge in [0.2, 0.25) is 0 Å². The zero-order chi connectivity index (χ0) is 21.9. The largest absolute Gasteiger partial charge is 0.496 e. The van der Waals surface area contributed by atoms with Crippen LogP contribution in [0, 0.1) is 0 Å². The molecule has 0 bridgehead atoms. The number of hydrogen-bond acceptors (Lipinski definition) is 4. The normalized spacial score (nSPS) is 17.5. The second kappa shape index (κ2) is 14.3. The third-order valence-corrected chi connectivity index (χ3v) is 5.90. The lowest BCUT2D eigenvalue weighted by Gasteiger charge is -2.40. The average Bonchev–Trinajstić information content (AvgIpc) is 2.82. The Kier molecular flexibility index (Phi) is 11.8. The molecule has 2 aromatic carbocycles. The first kappa shape index (κ1) is 26.4. The van der Waals surface area contributed by atoms with E-state index in [1.54, 1.807) is 7.11 Å². The summed E-state index contributed by atoms with van der Waals surface area (Å²) in [4.78, 5) is 9.41. The first-order valence-corrected chi connectivity index (χ1v) is 11.2. The molecule has 2 N–H and O–H groups in total. The molecule has 0 radical (unpaired) electrons. The molecule has 6 nitrogen and oxygen atoms in total. The molecule has 1 fully saturated rings. The molecular weight excluding hydrogens is 513 g/mol. The number of rotatable bonds is 9. The van der Waals surface area contributed by atoms with Gasteiger partial charge in [0, 0.05) is 52.4 Å². The summed E-state index contributed by atoms with van der Waals surface area (Å²) in [5.41, 5.74) is 2.62. The Morgan fingerprint density at radius 2 is 1.75 bits per heavy atom. The topological polar surface area (TPSA) is 52.1 Å². The van der Waals surface area contributed by atoms with Gasteiger partial charge in [-0.1, -0.05) is 48.5 Å². The number of methoxy groups -OCH3 is 1. The van der Waals surface area contributed by atoms with Crippen molar-refractivity contribution in [2.75, 3.05) is 60.5 Å². The minimum atomic E-state index is 0. The van der Waals surface area contributed by atoms with Crippen molar-refractivity contribution in [3.05, 3.63) is 65.7 Å². The summed E-state index contributed by atoms with van der Waals surface area (Å²) in [6.07, 6.45) is 1.98. The van der Waals surface area contributed by atoms with E-state index in [9.17, 15) is 0 Å². The third kappa shape index (κ3) is 7.94. The van der Waals surface area contributed by atoms with Crippen LogP contribution in [0.25, 0.3) is 0 Å². The Morgan fingerprint density at radius 1 is 1.03 bits per heavy atom. The predicted octanol–water partition coefficient (Wildman–Crippen LogP) is 3.40. The first-order chi connectivity index (χ1) is 15.2. The van der Waals surface area contributed by atoms with E-state index in [-0.39, 0.29) is 24.0 Å². The summed E-state index contributed by atoms with van der Waals surface area (Å²) in [5.74, 6) is 1.79. The van der Waals surface area contributed by atoms with Crippen LogP contribution in [0.1, 0.15) is 23.6 Å². The van der Waals surface area contributed by atoms with Crippen molar-refractivity contribution in [1.82, 2.24) is 20.4 Å². The van der Waals surface area contributed by atoms with Gasteiger partial charge in [0.1, 0.15) is 5.75 Å². The number of benzene rings is 2.